The smallest absolute Gasteiger partial charge is 0.133 e. The normalized spacial score (nSPS) is 12.7. The van der Waals surface area contributed by atoms with Gasteiger partial charge in [0.1, 0.15) is 5.75 Å². The standard InChI is InChI=1S/C15H25BrN2O/c1-12(11-17)6-8-18(2)9-7-13-4-5-15(19-3)14(16)10-13/h4-5,10,12H,6-9,11,17H2,1-3H3. The summed E-state index contributed by atoms with van der Waals surface area (Å²) in [4.78, 5) is 2.37. The van der Waals surface area contributed by atoms with Gasteiger partial charge in [0, 0.05) is 6.54 Å². The van der Waals surface area contributed by atoms with Crippen molar-refractivity contribution >= 4 is 15.9 Å². The molecule has 1 rings (SSSR count). The van der Waals surface area contributed by atoms with Gasteiger partial charge < -0.3 is 15.4 Å². The van der Waals surface area contributed by atoms with Crippen LogP contribution < -0.4 is 10.5 Å². The number of likely N-dealkylation sites (N-methyl/N-ethyl adjacent to an activating group) is 1. The van der Waals surface area contributed by atoms with Gasteiger partial charge in [-0.15, -0.1) is 0 Å². The predicted octanol–water partition coefficient (Wildman–Crippen LogP) is 2.92. The number of methoxy groups -OCH3 is 1. The summed E-state index contributed by atoms with van der Waals surface area (Å²) in [5.41, 5.74) is 6.96. The van der Waals surface area contributed by atoms with E-state index in [4.69, 9.17) is 10.5 Å². The average molecular weight is 329 g/mol. The van der Waals surface area contributed by atoms with Crippen LogP contribution in [-0.2, 0) is 6.42 Å². The summed E-state index contributed by atoms with van der Waals surface area (Å²) in [5, 5.41) is 0. The Balaban J connectivity index is 2.37. The summed E-state index contributed by atoms with van der Waals surface area (Å²) in [6, 6.07) is 6.27. The molecule has 0 radical (unpaired) electrons. The molecule has 0 saturated heterocycles. The highest BCUT2D eigenvalue weighted by molar-refractivity contribution is 9.10. The summed E-state index contributed by atoms with van der Waals surface area (Å²) in [6.07, 6.45) is 2.22. The minimum Gasteiger partial charge on any atom is -0.496 e. The average Bonchev–Trinajstić information content (AvgIpc) is 2.42. The zero-order valence-electron chi connectivity index (χ0n) is 12.2. The van der Waals surface area contributed by atoms with Crippen molar-refractivity contribution in [1.82, 2.24) is 4.90 Å². The van der Waals surface area contributed by atoms with E-state index in [-0.39, 0.29) is 0 Å². The van der Waals surface area contributed by atoms with E-state index in [1.807, 2.05) is 6.07 Å². The van der Waals surface area contributed by atoms with E-state index >= 15 is 0 Å². The molecule has 1 aromatic carbocycles. The number of hydrogen-bond donors (Lipinski definition) is 1. The highest BCUT2D eigenvalue weighted by Gasteiger charge is 2.05. The third-order valence-electron chi connectivity index (χ3n) is 3.40. The second-order valence-corrected chi connectivity index (χ2v) is 6.01. The number of hydrogen-bond acceptors (Lipinski definition) is 3. The maximum Gasteiger partial charge on any atom is 0.133 e. The van der Waals surface area contributed by atoms with Crippen LogP contribution in [0.1, 0.15) is 18.9 Å². The van der Waals surface area contributed by atoms with Crippen LogP contribution in [0.4, 0.5) is 0 Å². The monoisotopic (exact) mass is 328 g/mol. The van der Waals surface area contributed by atoms with Crippen LogP contribution >= 0.6 is 15.9 Å². The lowest BCUT2D eigenvalue weighted by Gasteiger charge is -2.18. The molecule has 0 amide bonds. The zero-order chi connectivity index (χ0) is 14.3. The van der Waals surface area contributed by atoms with Gasteiger partial charge in [-0.05, 0) is 72.5 Å². The molecule has 0 heterocycles. The van der Waals surface area contributed by atoms with Crippen LogP contribution in [0.5, 0.6) is 5.75 Å². The Morgan fingerprint density at radius 3 is 2.68 bits per heavy atom. The van der Waals surface area contributed by atoms with Crippen molar-refractivity contribution in [3.63, 3.8) is 0 Å². The van der Waals surface area contributed by atoms with Crippen LogP contribution in [0, 0.1) is 5.92 Å². The molecule has 0 bridgehead atoms. The van der Waals surface area contributed by atoms with E-state index in [0.717, 1.165) is 36.3 Å². The van der Waals surface area contributed by atoms with Gasteiger partial charge in [-0.25, -0.2) is 0 Å². The van der Waals surface area contributed by atoms with Gasteiger partial charge in [0.25, 0.3) is 0 Å². The lowest BCUT2D eigenvalue weighted by Crippen LogP contribution is -2.25. The van der Waals surface area contributed by atoms with Crippen LogP contribution in [0.3, 0.4) is 0 Å². The molecule has 0 aliphatic rings. The molecular weight excluding hydrogens is 304 g/mol. The van der Waals surface area contributed by atoms with Crippen LogP contribution in [0.2, 0.25) is 0 Å². The Labute approximate surface area is 125 Å². The Hall–Kier alpha value is -0.580. The van der Waals surface area contributed by atoms with Gasteiger partial charge in [-0.2, -0.15) is 0 Å². The minimum atomic E-state index is 0.609. The SMILES string of the molecule is COc1ccc(CCN(C)CCC(C)CN)cc1Br. The summed E-state index contributed by atoms with van der Waals surface area (Å²) < 4.78 is 6.25. The summed E-state index contributed by atoms with van der Waals surface area (Å²) in [6.45, 7) is 5.15. The Morgan fingerprint density at radius 2 is 2.11 bits per heavy atom. The van der Waals surface area contributed by atoms with Crippen molar-refractivity contribution < 1.29 is 4.74 Å². The van der Waals surface area contributed by atoms with Crippen molar-refractivity contribution in [2.75, 3.05) is 33.8 Å². The van der Waals surface area contributed by atoms with Crippen LogP contribution in [-0.4, -0.2) is 38.7 Å². The maximum atomic E-state index is 5.63. The fourth-order valence-corrected chi connectivity index (χ4v) is 2.44. The molecule has 0 saturated carbocycles. The van der Waals surface area contributed by atoms with Gasteiger partial charge in [0.2, 0.25) is 0 Å². The van der Waals surface area contributed by atoms with Gasteiger partial charge >= 0.3 is 0 Å². The quantitative estimate of drug-likeness (QED) is 0.797. The molecule has 108 valence electrons. The third kappa shape index (κ3) is 5.93. The van der Waals surface area contributed by atoms with Crippen LogP contribution in [0.25, 0.3) is 0 Å². The molecule has 0 aliphatic carbocycles. The predicted molar refractivity (Wildman–Crippen MR) is 84.7 cm³/mol. The molecule has 0 aromatic heterocycles. The second-order valence-electron chi connectivity index (χ2n) is 5.15. The molecule has 2 N–H and O–H groups in total. The topological polar surface area (TPSA) is 38.5 Å². The number of ether oxygens (including phenoxy) is 1. The van der Waals surface area contributed by atoms with Crippen molar-refractivity contribution in [1.29, 1.82) is 0 Å². The summed E-state index contributed by atoms with van der Waals surface area (Å²) in [7, 11) is 3.86. The first kappa shape index (κ1) is 16.5. The largest absolute Gasteiger partial charge is 0.496 e. The fourth-order valence-electron chi connectivity index (χ4n) is 1.86. The van der Waals surface area contributed by atoms with Crippen LogP contribution in [0.15, 0.2) is 22.7 Å². The summed E-state index contributed by atoms with van der Waals surface area (Å²) in [5.74, 6) is 1.49. The fraction of sp³-hybridized carbons (Fsp3) is 0.600. The van der Waals surface area contributed by atoms with Crippen molar-refractivity contribution in [3.05, 3.63) is 28.2 Å². The second kappa shape index (κ2) is 8.56. The van der Waals surface area contributed by atoms with E-state index in [1.54, 1.807) is 7.11 Å². The summed E-state index contributed by atoms with van der Waals surface area (Å²) >= 11 is 3.52. The van der Waals surface area contributed by atoms with Gasteiger partial charge in [-0.3, -0.25) is 0 Å². The number of nitrogens with zero attached hydrogens (tertiary/aromatic N) is 1. The minimum absolute atomic E-state index is 0.609. The zero-order valence-corrected chi connectivity index (χ0v) is 13.7. The number of benzene rings is 1. The third-order valence-corrected chi connectivity index (χ3v) is 4.02. The highest BCUT2D eigenvalue weighted by Crippen LogP contribution is 2.25. The Morgan fingerprint density at radius 1 is 1.37 bits per heavy atom. The molecule has 1 aromatic rings. The highest BCUT2D eigenvalue weighted by atomic mass is 79.9. The molecule has 3 nitrogen and oxygen atoms in total. The molecule has 19 heavy (non-hydrogen) atoms. The number of rotatable bonds is 8. The van der Waals surface area contributed by atoms with Crippen molar-refractivity contribution in [2.45, 2.75) is 19.8 Å². The molecular formula is C15H25BrN2O. The van der Waals surface area contributed by atoms with E-state index in [0.29, 0.717) is 5.92 Å². The van der Waals surface area contributed by atoms with Crippen molar-refractivity contribution in [2.24, 2.45) is 11.7 Å². The van der Waals surface area contributed by atoms with E-state index in [1.165, 1.54) is 12.0 Å². The lowest BCUT2D eigenvalue weighted by atomic mass is 10.1. The molecule has 1 atom stereocenters. The molecule has 1 unspecified atom stereocenters. The number of nitrogens with two attached hydrogens (primary N) is 1. The van der Waals surface area contributed by atoms with Gasteiger partial charge in [-0.1, -0.05) is 13.0 Å². The molecule has 0 fully saturated rings. The maximum absolute atomic E-state index is 5.63. The molecule has 0 aliphatic heterocycles. The first-order valence-electron chi connectivity index (χ1n) is 6.77. The van der Waals surface area contributed by atoms with Gasteiger partial charge in [0.15, 0.2) is 0 Å². The van der Waals surface area contributed by atoms with Gasteiger partial charge in [0.05, 0.1) is 11.6 Å². The van der Waals surface area contributed by atoms with E-state index in [9.17, 15) is 0 Å². The van der Waals surface area contributed by atoms with Crippen molar-refractivity contribution in [3.8, 4) is 5.75 Å². The molecule has 0 spiro atoms. The Kier molecular flexibility index (Phi) is 7.42. The first-order chi connectivity index (χ1) is 9.06. The molecule has 4 heteroatoms. The lowest BCUT2D eigenvalue weighted by molar-refractivity contribution is 0.310. The van der Waals surface area contributed by atoms with E-state index < -0.39 is 0 Å². The van der Waals surface area contributed by atoms with E-state index in [2.05, 4.69) is 46.9 Å². The number of halogens is 1. The first-order valence-corrected chi connectivity index (χ1v) is 7.57. The Bertz CT molecular complexity index is 384.